The third kappa shape index (κ3) is 1.80. The topological polar surface area (TPSA) is 21.3 Å². The Hall–Kier alpha value is -0.860. The maximum Gasteiger partial charge on any atom is 0.0906 e. The second-order valence-electron chi connectivity index (χ2n) is 4.60. The zero-order valence-corrected chi connectivity index (χ0v) is 9.71. The van der Waals surface area contributed by atoms with E-state index in [1.54, 1.807) is 0 Å². The molecule has 0 aliphatic carbocycles. The number of hydrogen-bond acceptors (Lipinski definition) is 2. The molecule has 1 aliphatic heterocycles. The monoisotopic (exact) mass is 205 g/mol. The average molecular weight is 205 g/mol. The lowest BCUT2D eigenvalue weighted by Crippen LogP contribution is -2.56. The molecule has 2 nitrogen and oxygen atoms in total. The van der Waals surface area contributed by atoms with Crippen LogP contribution in [0.3, 0.4) is 0 Å². The Kier molecular flexibility index (Phi) is 2.81. The minimum Gasteiger partial charge on any atom is -0.377 e. The smallest absolute Gasteiger partial charge is 0.0906 e. The van der Waals surface area contributed by atoms with Crippen molar-refractivity contribution in [2.75, 3.05) is 20.3 Å². The highest BCUT2D eigenvalue weighted by molar-refractivity contribution is 5.31. The summed E-state index contributed by atoms with van der Waals surface area (Å²) >= 11 is 0. The van der Waals surface area contributed by atoms with Crippen molar-refractivity contribution in [2.24, 2.45) is 0 Å². The standard InChI is InChI=1S/C13H19NO/c1-10(2)11-4-6-12(7-5-11)13(14-3)8-15-9-13/h4-7,10,14H,8-9H2,1-3H3. The predicted octanol–water partition coefficient (Wildman–Crippen LogP) is 2.25. The van der Waals surface area contributed by atoms with Gasteiger partial charge >= 0.3 is 0 Å². The molecule has 1 saturated heterocycles. The van der Waals surface area contributed by atoms with Crippen LogP contribution in [0.1, 0.15) is 30.9 Å². The predicted molar refractivity (Wildman–Crippen MR) is 62.1 cm³/mol. The Bertz CT molecular complexity index is 319. The van der Waals surface area contributed by atoms with E-state index in [0.29, 0.717) is 5.92 Å². The van der Waals surface area contributed by atoms with Crippen molar-refractivity contribution in [3.8, 4) is 0 Å². The molecule has 0 bridgehead atoms. The van der Waals surface area contributed by atoms with E-state index in [1.807, 2.05) is 7.05 Å². The van der Waals surface area contributed by atoms with Gasteiger partial charge in [0.2, 0.25) is 0 Å². The first-order chi connectivity index (χ1) is 7.18. The Morgan fingerprint density at radius 2 is 1.80 bits per heavy atom. The van der Waals surface area contributed by atoms with Crippen LogP contribution in [-0.4, -0.2) is 20.3 Å². The summed E-state index contributed by atoms with van der Waals surface area (Å²) in [5.41, 5.74) is 2.79. The van der Waals surface area contributed by atoms with Crippen molar-refractivity contribution >= 4 is 0 Å². The Morgan fingerprint density at radius 3 is 2.13 bits per heavy atom. The van der Waals surface area contributed by atoms with Gasteiger partial charge in [0.1, 0.15) is 0 Å². The second kappa shape index (κ2) is 3.95. The van der Waals surface area contributed by atoms with E-state index in [1.165, 1.54) is 11.1 Å². The van der Waals surface area contributed by atoms with E-state index in [0.717, 1.165) is 13.2 Å². The second-order valence-corrected chi connectivity index (χ2v) is 4.60. The van der Waals surface area contributed by atoms with Gasteiger partial charge in [-0.25, -0.2) is 0 Å². The van der Waals surface area contributed by atoms with Crippen molar-refractivity contribution in [1.82, 2.24) is 5.32 Å². The highest BCUT2D eigenvalue weighted by Crippen LogP contribution is 2.29. The minimum absolute atomic E-state index is 0.0650. The van der Waals surface area contributed by atoms with E-state index in [9.17, 15) is 0 Å². The lowest BCUT2D eigenvalue weighted by Gasteiger charge is -2.41. The van der Waals surface area contributed by atoms with E-state index in [-0.39, 0.29) is 5.54 Å². The molecule has 0 saturated carbocycles. The third-order valence-corrected chi connectivity index (χ3v) is 3.31. The fraction of sp³-hybridized carbons (Fsp3) is 0.538. The molecule has 0 spiro atoms. The quantitative estimate of drug-likeness (QED) is 0.817. The molecule has 0 atom stereocenters. The molecule has 2 heteroatoms. The van der Waals surface area contributed by atoms with Crippen LogP contribution in [0.4, 0.5) is 0 Å². The van der Waals surface area contributed by atoms with E-state index in [2.05, 4.69) is 43.4 Å². The molecule has 1 aromatic carbocycles. The van der Waals surface area contributed by atoms with E-state index < -0.39 is 0 Å². The molecular formula is C13H19NO. The van der Waals surface area contributed by atoms with Gasteiger partial charge in [0, 0.05) is 0 Å². The fourth-order valence-corrected chi connectivity index (χ4v) is 1.95. The van der Waals surface area contributed by atoms with Gasteiger partial charge in [0.15, 0.2) is 0 Å². The third-order valence-electron chi connectivity index (χ3n) is 3.31. The summed E-state index contributed by atoms with van der Waals surface area (Å²) in [5, 5.41) is 3.35. The fourth-order valence-electron chi connectivity index (χ4n) is 1.95. The molecule has 0 unspecified atom stereocenters. The van der Waals surface area contributed by atoms with Crippen molar-refractivity contribution in [3.05, 3.63) is 35.4 Å². The van der Waals surface area contributed by atoms with Crippen molar-refractivity contribution in [3.63, 3.8) is 0 Å². The van der Waals surface area contributed by atoms with Gasteiger partial charge in [-0.05, 0) is 24.1 Å². The molecule has 1 aromatic rings. The summed E-state index contributed by atoms with van der Waals surface area (Å²) in [5.74, 6) is 0.599. The first-order valence-corrected chi connectivity index (χ1v) is 5.55. The summed E-state index contributed by atoms with van der Waals surface area (Å²) in [6, 6.07) is 8.87. The molecule has 0 aromatic heterocycles. The van der Waals surface area contributed by atoms with Gasteiger partial charge < -0.3 is 10.1 Å². The van der Waals surface area contributed by atoms with Crippen LogP contribution in [0.5, 0.6) is 0 Å². The molecule has 1 fully saturated rings. The lowest BCUT2D eigenvalue weighted by atomic mass is 9.87. The van der Waals surface area contributed by atoms with Gasteiger partial charge in [0.05, 0.1) is 18.8 Å². The normalized spacial score (nSPS) is 18.9. The number of hydrogen-bond donors (Lipinski definition) is 1. The van der Waals surface area contributed by atoms with Crippen LogP contribution < -0.4 is 5.32 Å². The number of benzene rings is 1. The largest absolute Gasteiger partial charge is 0.377 e. The minimum atomic E-state index is 0.0650. The van der Waals surface area contributed by atoms with Crippen molar-refractivity contribution in [2.45, 2.75) is 25.3 Å². The summed E-state index contributed by atoms with van der Waals surface area (Å²) in [7, 11) is 2.00. The molecule has 1 aliphatic rings. The average Bonchev–Trinajstić information content (AvgIpc) is 2.18. The molecule has 82 valence electrons. The Balaban J connectivity index is 2.23. The molecule has 1 heterocycles. The first-order valence-electron chi connectivity index (χ1n) is 5.55. The van der Waals surface area contributed by atoms with Gasteiger partial charge in [-0.15, -0.1) is 0 Å². The van der Waals surface area contributed by atoms with Crippen molar-refractivity contribution < 1.29 is 4.74 Å². The summed E-state index contributed by atoms with van der Waals surface area (Å²) in [6.07, 6.45) is 0. The van der Waals surface area contributed by atoms with Crippen molar-refractivity contribution in [1.29, 1.82) is 0 Å². The molecule has 0 amide bonds. The maximum atomic E-state index is 5.30. The van der Waals surface area contributed by atoms with Gasteiger partial charge in [0.25, 0.3) is 0 Å². The number of rotatable bonds is 3. The van der Waals surface area contributed by atoms with Crippen LogP contribution in [-0.2, 0) is 10.3 Å². The summed E-state index contributed by atoms with van der Waals surface area (Å²) < 4.78 is 5.30. The number of likely N-dealkylation sites (N-methyl/N-ethyl adjacent to an activating group) is 1. The number of ether oxygens (including phenoxy) is 1. The van der Waals surface area contributed by atoms with Gasteiger partial charge in [-0.1, -0.05) is 38.1 Å². The number of nitrogens with one attached hydrogen (secondary N) is 1. The molecule has 1 N–H and O–H groups in total. The van der Waals surface area contributed by atoms with E-state index in [4.69, 9.17) is 4.74 Å². The Morgan fingerprint density at radius 1 is 1.20 bits per heavy atom. The van der Waals surface area contributed by atoms with Gasteiger partial charge in [-0.2, -0.15) is 0 Å². The summed E-state index contributed by atoms with van der Waals surface area (Å²) in [4.78, 5) is 0. The molecule has 2 rings (SSSR count). The van der Waals surface area contributed by atoms with Crippen LogP contribution >= 0.6 is 0 Å². The molecule has 0 radical (unpaired) electrons. The zero-order chi connectivity index (χ0) is 10.9. The zero-order valence-electron chi connectivity index (χ0n) is 9.71. The highest BCUT2D eigenvalue weighted by atomic mass is 16.5. The van der Waals surface area contributed by atoms with Crippen LogP contribution in [0.15, 0.2) is 24.3 Å². The Labute approximate surface area is 91.6 Å². The highest BCUT2D eigenvalue weighted by Gasteiger charge is 2.38. The van der Waals surface area contributed by atoms with Gasteiger partial charge in [-0.3, -0.25) is 0 Å². The summed E-state index contributed by atoms with van der Waals surface area (Å²) in [6.45, 7) is 6.00. The molecule has 15 heavy (non-hydrogen) atoms. The van der Waals surface area contributed by atoms with Crippen LogP contribution in [0.25, 0.3) is 0 Å². The SMILES string of the molecule is CNC1(c2ccc(C(C)C)cc2)COC1. The van der Waals surface area contributed by atoms with E-state index >= 15 is 0 Å². The lowest BCUT2D eigenvalue weighted by molar-refractivity contribution is -0.0747. The molecular weight excluding hydrogens is 186 g/mol. The maximum absolute atomic E-state index is 5.30. The van der Waals surface area contributed by atoms with Crippen LogP contribution in [0, 0.1) is 0 Å². The van der Waals surface area contributed by atoms with Crippen LogP contribution in [0.2, 0.25) is 0 Å². The first kappa shape index (κ1) is 10.7.